The minimum Gasteiger partial charge on any atom is -0.497 e. The molecule has 160 valence electrons. The zero-order valence-corrected chi connectivity index (χ0v) is 18.8. The molecule has 1 fully saturated rings. The molecule has 0 saturated carbocycles. The first kappa shape index (κ1) is 20.3. The Morgan fingerprint density at radius 2 is 1.97 bits per heavy atom. The zero-order valence-electron chi connectivity index (χ0n) is 17.2. The molecule has 1 saturated heterocycles. The van der Waals surface area contributed by atoms with Crippen LogP contribution < -0.4 is 4.74 Å². The third-order valence-electron chi connectivity index (χ3n) is 5.43. The van der Waals surface area contributed by atoms with Gasteiger partial charge in [0.1, 0.15) is 11.6 Å². The van der Waals surface area contributed by atoms with Crippen LogP contribution in [0.4, 0.5) is 0 Å². The normalized spacial score (nSPS) is 15.1. The van der Waals surface area contributed by atoms with E-state index in [1.54, 1.807) is 18.4 Å². The first-order valence-corrected chi connectivity index (χ1v) is 12.0. The van der Waals surface area contributed by atoms with Gasteiger partial charge in [-0.25, -0.2) is 9.97 Å². The molecule has 2 aromatic heterocycles. The summed E-state index contributed by atoms with van der Waals surface area (Å²) in [6.07, 6.45) is 0. The van der Waals surface area contributed by atoms with E-state index in [2.05, 4.69) is 25.9 Å². The Labute approximate surface area is 188 Å². The largest absolute Gasteiger partial charge is 0.497 e. The van der Waals surface area contributed by atoms with Gasteiger partial charge < -0.3 is 14.6 Å². The minimum atomic E-state index is 0.180. The summed E-state index contributed by atoms with van der Waals surface area (Å²) in [4.78, 5) is 29.6. The number of hydrogen-bond acceptors (Lipinski definition) is 7. The highest BCUT2D eigenvalue weighted by atomic mass is 32.2. The highest BCUT2D eigenvalue weighted by molar-refractivity contribution is 8.01. The summed E-state index contributed by atoms with van der Waals surface area (Å²) in [5, 5.41) is 0. The van der Waals surface area contributed by atoms with E-state index in [-0.39, 0.29) is 5.91 Å². The number of aromatic nitrogens is 3. The second-order valence-corrected chi connectivity index (χ2v) is 9.71. The van der Waals surface area contributed by atoms with Crippen LogP contribution in [0.15, 0.2) is 46.8 Å². The number of imidazole rings is 1. The van der Waals surface area contributed by atoms with Gasteiger partial charge in [0.15, 0.2) is 4.34 Å². The second kappa shape index (κ2) is 8.86. The van der Waals surface area contributed by atoms with Crippen LogP contribution in [-0.2, 0) is 11.3 Å². The zero-order chi connectivity index (χ0) is 21.2. The number of ether oxygens (including phenoxy) is 1. The molecule has 1 aliphatic heterocycles. The number of hydrogen-bond donors (Lipinski definition) is 1. The standard InChI is InChI=1S/C22H23N5O2S2/c1-29-15-6-7-16-18(12-15)24-20(23-16)13-26-8-10-27(11-9-26)21(28)14-30-22-25-17-4-2-3-5-19(17)31-22/h2-7,12H,8-11,13-14H2,1H3,(H,23,24). The predicted octanol–water partition coefficient (Wildman–Crippen LogP) is 3.62. The van der Waals surface area contributed by atoms with E-state index in [4.69, 9.17) is 4.74 Å². The number of methoxy groups -OCH3 is 1. The molecule has 31 heavy (non-hydrogen) atoms. The van der Waals surface area contributed by atoms with Gasteiger partial charge in [0, 0.05) is 32.2 Å². The summed E-state index contributed by atoms with van der Waals surface area (Å²) < 4.78 is 7.39. The summed E-state index contributed by atoms with van der Waals surface area (Å²) in [5.74, 6) is 2.37. The molecule has 7 nitrogen and oxygen atoms in total. The highest BCUT2D eigenvalue weighted by Crippen LogP contribution is 2.29. The minimum absolute atomic E-state index is 0.180. The number of nitrogens with zero attached hydrogens (tertiary/aromatic N) is 4. The number of carbonyl (C=O) groups is 1. The Kier molecular flexibility index (Phi) is 5.80. The van der Waals surface area contributed by atoms with E-state index in [1.165, 1.54) is 11.8 Å². The number of piperazine rings is 1. The van der Waals surface area contributed by atoms with Crippen LogP contribution in [0.25, 0.3) is 21.3 Å². The number of benzene rings is 2. The van der Waals surface area contributed by atoms with Gasteiger partial charge in [-0.2, -0.15) is 0 Å². The lowest BCUT2D eigenvalue weighted by Gasteiger charge is -2.34. The molecule has 0 aliphatic carbocycles. The number of nitrogens with one attached hydrogen (secondary N) is 1. The molecular weight excluding hydrogens is 430 g/mol. The van der Waals surface area contributed by atoms with Gasteiger partial charge in [-0.1, -0.05) is 23.9 Å². The molecule has 1 aliphatic rings. The van der Waals surface area contributed by atoms with Gasteiger partial charge >= 0.3 is 0 Å². The van der Waals surface area contributed by atoms with Crippen molar-refractivity contribution in [3.8, 4) is 5.75 Å². The van der Waals surface area contributed by atoms with Gasteiger partial charge in [-0.05, 0) is 24.3 Å². The van der Waals surface area contributed by atoms with Crippen LogP contribution in [0.2, 0.25) is 0 Å². The van der Waals surface area contributed by atoms with Crippen molar-refractivity contribution in [3.05, 3.63) is 48.3 Å². The molecule has 2 aromatic carbocycles. The monoisotopic (exact) mass is 453 g/mol. The highest BCUT2D eigenvalue weighted by Gasteiger charge is 2.22. The molecule has 9 heteroatoms. The van der Waals surface area contributed by atoms with E-state index in [9.17, 15) is 4.79 Å². The van der Waals surface area contributed by atoms with Gasteiger partial charge in [0.05, 0.1) is 40.7 Å². The molecule has 1 N–H and O–H groups in total. The van der Waals surface area contributed by atoms with Crippen molar-refractivity contribution >= 4 is 50.3 Å². The third-order valence-corrected chi connectivity index (χ3v) is 7.59. The Morgan fingerprint density at radius 1 is 1.13 bits per heavy atom. The number of thioether (sulfide) groups is 1. The SMILES string of the molecule is COc1ccc2nc(CN3CCN(C(=O)CSc4nc5ccccc5s4)CC3)[nH]c2c1. The summed E-state index contributed by atoms with van der Waals surface area (Å²) in [5.41, 5.74) is 2.92. The van der Waals surface area contributed by atoms with Gasteiger partial charge in [-0.15, -0.1) is 11.3 Å². The maximum absolute atomic E-state index is 12.7. The summed E-state index contributed by atoms with van der Waals surface area (Å²) >= 11 is 3.18. The number of H-pyrrole nitrogens is 1. The third kappa shape index (κ3) is 4.53. The quantitative estimate of drug-likeness (QED) is 0.450. The van der Waals surface area contributed by atoms with E-state index in [1.807, 2.05) is 41.3 Å². The number of fused-ring (bicyclic) bond motifs is 2. The van der Waals surface area contributed by atoms with Crippen molar-refractivity contribution in [3.63, 3.8) is 0 Å². The fraction of sp³-hybridized carbons (Fsp3) is 0.318. The maximum Gasteiger partial charge on any atom is 0.233 e. The van der Waals surface area contributed by atoms with Crippen LogP contribution >= 0.6 is 23.1 Å². The van der Waals surface area contributed by atoms with E-state index >= 15 is 0 Å². The molecule has 3 heterocycles. The number of thiazole rings is 1. The number of amides is 1. The fourth-order valence-corrected chi connectivity index (χ4v) is 5.71. The first-order chi connectivity index (χ1) is 15.2. The molecule has 0 unspecified atom stereocenters. The number of aromatic amines is 1. The van der Waals surface area contributed by atoms with Crippen LogP contribution in [-0.4, -0.2) is 69.7 Å². The van der Waals surface area contributed by atoms with E-state index in [0.717, 1.165) is 69.9 Å². The summed E-state index contributed by atoms with van der Waals surface area (Å²) in [7, 11) is 1.66. The first-order valence-electron chi connectivity index (χ1n) is 10.2. The summed E-state index contributed by atoms with van der Waals surface area (Å²) in [6, 6.07) is 13.9. The molecule has 0 spiro atoms. The second-order valence-electron chi connectivity index (χ2n) is 7.46. The maximum atomic E-state index is 12.7. The van der Waals surface area contributed by atoms with Crippen molar-refractivity contribution in [2.24, 2.45) is 0 Å². The smallest absolute Gasteiger partial charge is 0.233 e. The number of para-hydroxylation sites is 1. The van der Waals surface area contributed by atoms with Gasteiger partial charge in [0.25, 0.3) is 0 Å². The Hall–Kier alpha value is -2.62. The fourth-order valence-electron chi connectivity index (χ4n) is 3.74. The van der Waals surface area contributed by atoms with Crippen molar-refractivity contribution in [1.82, 2.24) is 24.8 Å². The van der Waals surface area contributed by atoms with Crippen LogP contribution in [0.3, 0.4) is 0 Å². The Bertz CT molecular complexity index is 1180. The molecule has 5 rings (SSSR count). The predicted molar refractivity (Wildman–Crippen MR) is 125 cm³/mol. The number of carbonyl (C=O) groups excluding carboxylic acids is 1. The molecule has 0 bridgehead atoms. The Balaban J connectivity index is 1.12. The topological polar surface area (TPSA) is 74.3 Å². The number of rotatable bonds is 6. The summed E-state index contributed by atoms with van der Waals surface area (Å²) in [6.45, 7) is 3.93. The Morgan fingerprint density at radius 3 is 2.77 bits per heavy atom. The van der Waals surface area contributed by atoms with Crippen LogP contribution in [0.1, 0.15) is 5.82 Å². The average molecular weight is 454 g/mol. The van der Waals surface area contributed by atoms with Crippen molar-refractivity contribution in [2.45, 2.75) is 10.9 Å². The molecule has 4 aromatic rings. The van der Waals surface area contributed by atoms with E-state index < -0.39 is 0 Å². The van der Waals surface area contributed by atoms with Crippen LogP contribution in [0, 0.1) is 0 Å². The van der Waals surface area contributed by atoms with Gasteiger partial charge in [-0.3, -0.25) is 9.69 Å². The molecule has 1 amide bonds. The lowest BCUT2D eigenvalue weighted by Crippen LogP contribution is -2.48. The lowest BCUT2D eigenvalue weighted by molar-refractivity contribution is -0.130. The van der Waals surface area contributed by atoms with Crippen LogP contribution in [0.5, 0.6) is 5.75 Å². The molecular formula is C22H23N5O2S2. The van der Waals surface area contributed by atoms with Crippen molar-refractivity contribution in [2.75, 3.05) is 39.0 Å². The van der Waals surface area contributed by atoms with Crippen molar-refractivity contribution in [1.29, 1.82) is 0 Å². The van der Waals surface area contributed by atoms with E-state index in [0.29, 0.717) is 5.75 Å². The average Bonchev–Trinajstić information content (AvgIpc) is 3.40. The molecule has 0 atom stereocenters. The lowest BCUT2D eigenvalue weighted by atomic mass is 10.3. The van der Waals surface area contributed by atoms with Crippen molar-refractivity contribution < 1.29 is 9.53 Å². The van der Waals surface area contributed by atoms with Gasteiger partial charge in [0.2, 0.25) is 5.91 Å². The molecule has 0 radical (unpaired) electrons.